The maximum absolute atomic E-state index is 13.3. The van der Waals surface area contributed by atoms with Gasteiger partial charge in [0.1, 0.15) is 5.82 Å². The molecule has 0 saturated heterocycles. The SMILES string of the molecule is Fc1ccc(C2=NN(c3ccc(Cl)cc3)[C@@H](c3ccc(Cl)cc3Cl)C2)cc1. The van der Waals surface area contributed by atoms with E-state index in [1.54, 1.807) is 18.2 Å². The molecule has 0 radical (unpaired) electrons. The fourth-order valence-corrected chi connectivity index (χ4v) is 3.83. The molecular weight excluding hydrogens is 406 g/mol. The van der Waals surface area contributed by atoms with Crippen molar-refractivity contribution < 1.29 is 4.39 Å². The zero-order valence-corrected chi connectivity index (χ0v) is 16.3. The van der Waals surface area contributed by atoms with E-state index in [0.717, 1.165) is 22.5 Å². The topological polar surface area (TPSA) is 15.6 Å². The summed E-state index contributed by atoms with van der Waals surface area (Å²) in [5.41, 5.74) is 3.56. The molecule has 3 aromatic carbocycles. The molecule has 0 aromatic heterocycles. The molecule has 0 unspecified atom stereocenters. The maximum Gasteiger partial charge on any atom is 0.123 e. The van der Waals surface area contributed by atoms with Crippen LogP contribution >= 0.6 is 34.8 Å². The number of hydrogen-bond donors (Lipinski definition) is 0. The van der Waals surface area contributed by atoms with Crippen molar-refractivity contribution in [1.29, 1.82) is 0 Å². The lowest BCUT2D eigenvalue weighted by Crippen LogP contribution is -2.18. The first-order valence-electron chi connectivity index (χ1n) is 8.34. The van der Waals surface area contributed by atoms with E-state index in [2.05, 4.69) is 0 Å². The Balaban J connectivity index is 1.77. The first-order chi connectivity index (χ1) is 13.0. The van der Waals surface area contributed by atoms with Crippen LogP contribution in [0.5, 0.6) is 0 Å². The molecule has 0 aliphatic carbocycles. The van der Waals surface area contributed by atoms with Gasteiger partial charge in [0, 0.05) is 21.5 Å². The lowest BCUT2D eigenvalue weighted by Gasteiger charge is -2.25. The first kappa shape index (κ1) is 18.3. The zero-order chi connectivity index (χ0) is 19.0. The van der Waals surface area contributed by atoms with Crippen LogP contribution in [-0.4, -0.2) is 5.71 Å². The largest absolute Gasteiger partial charge is 0.257 e. The molecule has 0 N–H and O–H groups in total. The van der Waals surface area contributed by atoms with Crippen LogP contribution in [0.25, 0.3) is 0 Å². The molecule has 6 heteroatoms. The second-order valence-corrected chi connectivity index (χ2v) is 7.54. The van der Waals surface area contributed by atoms with Gasteiger partial charge in [-0.1, -0.05) is 53.0 Å². The number of nitrogens with zero attached hydrogens (tertiary/aromatic N) is 2. The van der Waals surface area contributed by atoms with Gasteiger partial charge in [-0.2, -0.15) is 5.10 Å². The van der Waals surface area contributed by atoms with E-state index >= 15 is 0 Å². The fourth-order valence-electron chi connectivity index (χ4n) is 3.17. The summed E-state index contributed by atoms with van der Waals surface area (Å²) in [5, 5.41) is 8.55. The predicted octanol–water partition coefficient (Wildman–Crippen LogP) is 7.14. The van der Waals surface area contributed by atoms with Crippen LogP contribution in [0, 0.1) is 5.82 Å². The van der Waals surface area contributed by atoms with E-state index in [1.807, 2.05) is 41.4 Å². The molecule has 27 heavy (non-hydrogen) atoms. The van der Waals surface area contributed by atoms with Crippen molar-refractivity contribution in [3.8, 4) is 0 Å². The molecule has 0 saturated carbocycles. The second kappa shape index (κ2) is 7.51. The van der Waals surface area contributed by atoms with E-state index in [4.69, 9.17) is 39.9 Å². The van der Waals surface area contributed by atoms with Crippen molar-refractivity contribution in [3.63, 3.8) is 0 Å². The lowest BCUT2D eigenvalue weighted by atomic mass is 9.98. The van der Waals surface area contributed by atoms with E-state index in [9.17, 15) is 4.39 Å². The van der Waals surface area contributed by atoms with Gasteiger partial charge in [-0.3, -0.25) is 5.01 Å². The average molecular weight is 420 g/mol. The molecule has 0 fully saturated rings. The minimum Gasteiger partial charge on any atom is -0.257 e. The van der Waals surface area contributed by atoms with E-state index < -0.39 is 0 Å². The molecule has 2 nitrogen and oxygen atoms in total. The number of hydrazone groups is 1. The molecule has 0 spiro atoms. The molecule has 1 aliphatic heterocycles. The van der Waals surface area contributed by atoms with E-state index in [1.165, 1.54) is 12.1 Å². The highest BCUT2D eigenvalue weighted by atomic mass is 35.5. The highest BCUT2D eigenvalue weighted by molar-refractivity contribution is 6.35. The van der Waals surface area contributed by atoms with Crippen LogP contribution in [0.3, 0.4) is 0 Å². The summed E-state index contributed by atoms with van der Waals surface area (Å²) in [6, 6.07) is 19.2. The molecule has 1 heterocycles. The number of hydrogen-bond acceptors (Lipinski definition) is 2. The summed E-state index contributed by atoms with van der Waals surface area (Å²) in [4.78, 5) is 0. The molecule has 1 aliphatic rings. The predicted molar refractivity (Wildman–Crippen MR) is 111 cm³/mol. The Kier molecular flexibility index (Phi) is 5.09. The minimum absolute atomic E-state index is 0.101. The van der Waals surface area contributed by atoms with Crippen molar-refractivity contribution in [2.45, 2.75) is 12.5 Å². The number of benzene rings is 3. The number of halogens is 4. The summed E-state index contributed by atoms with van der Waals surface area (Å²) < 4.78 is 13.3. The summed E-state index contributed by atoms with van der Waals surface area (Å²) >= 11 is 18.6. The normalized spacial score (nSPS) is 16.5. The summed E-state index contributed by atoms with van der Waals surface area (Å²) in [5.74, 6) is -0.274. The van der Waals surface area contributed by atoms with Gasteiger partial charge in [-0.05, 0) is 59.7 Å². The molecule has 0 amide bonds. The number of rotatable bonds is 3. The minimum atomic E-state index is -0.274. The monoisotopic (exact) mass is 418 g/mol. The zero-order valence-electron chi connectivity index (χ0n) is 14.0. The Morgan fingerprint density at radius 1 is 0.852 bits per heavy atom. The smallest absolute Gasteiger partial charge is 0.123 e. The van der Waals surface area contributed by atoms with E-state index in [-0.39, 0.29) is 11.9 Å². The lowest BCUT2D eigenvalue weighted by molar-refractivity contribution is 0.627. The third-order valence-electron chi connectivity index (χ3n) is 4.50. The van der Waals surface area contributed by atoms with Crippen LogP contribution in [0.4, 0.5) is 10.1 Å². The Morgan fingerprint density at radius 3 is 2.19 bits per heavy atom. The van der Waals surface area contributed by atoms with Crippen molar-refractivity contribution in [2.75, 3.05) is 5.01 Å². The van der Waals surface area contributed by atoms with Crippen molar-refractivity contribution in [3.05, 3.63) is 98.7 Å². The Bertz CT molecular complexity index is 1000. The van der Waals surface area contributed by atoms with Gasteiger partial charge in [-0.15, -0.1) is 0 Å². The standard InChI is InChI=1S/C21H14Cl3FN2/c22-14-3-8-17(9-4-14)27-21(18-10-5-15(23)11-19(18)24)12-20(26-27)13-1-6-16(25)7-2-13/h1-11,21H,12H2/t21-/m1/s1. The van der Waals surface area contributed by atoms with Gasteiger partial charge in [0.05, 0.1) is 17.4 Å². The molecule has 1 atom stereocenters. The summed E-state index contributed by atoms with van der Waals surface area (Å²) in [6.45, 7) is 0. The van der Waals surface area contributed by atoms with Crippen LogP contribution < -0.4 is 5.01 Å². The molecule has 4 rings (SSSR count). The third-order valence-corrected chi connectivity index (χ3v) is 5.31. The molecular formula is C21H14Cl3FN2. The number of anilines is 1. The quantitative estimate of drug-likeness (QED) is 0.440. The highest BCUT2D eigenvalue weighted by Crippen LogP contribution is 2.40. The molecule has 0 bridgehead atoms. The van der Waals surface area contributed by atoms with Gasteiger partial charge in [0.2, 0.25) is 0 Å². The third kappa shape index (κ3) is 3.81. The van der Waals surface area contributed by atoms with Crippen molar-refractivity contribution in [2.24, 2.45) is 5.10 Å². The van der Waals surface area contributed by atoms with Gasteiger partial charge in [0.15, 0.2) is 0 Å². The van der Waals surface area contributed by atoms with Crippen molar-refractivity contribution >= 4 is 46.2 Å². The Hall–Kier alpha value is -2.07. The first-order valence-corrected chi connectivity index (χ1v) is 9.48. The second-order valence-electron chi connectivity index (χ2n) is 6.26. The highest BCUT2D eigenvalue weighted by Gasteiger charge is 2.31. The molecule has 3 aromatic rings. The maximum atomic E-state index is 13.3. The fraction of sp³-hybridized carbons (Fsp3) is 0.0952. The van der Waals surface area contributed by atoms with Gasteiger partial charge in [0.25, 0.3) is 0 Å². The van der Waals surface area contributed by atoms with Crippen LogP contribution in [-0.2, 0) is 0 Å². The molecule has 136 valence electrons. The van der Waals surface area contributed by atoms with Gasteiger partial charge >= 0.3 is 0 Å². The van der Waals surface area contributed by atoms with Gasteiger partial charge in [-0.25, -0.2) is 4.39 Å². The van der Waals surface area contributed by atoms with Gasteiger partial charge < -0.3 is 0 Å². The van der Waals surface area contributed by atoms with Crippen LogP contribution in [0.2, 0.25) is 15.1 Å². The van der Waals surface area contributed by atoms with Crippen LogP contribution in [0.15, 0.2) is 71.8 Å². The van der Waals surface area contributed by atoms with Crippen molar-refractivity contribution in [1.82, 2.24) is 0 Å². The summed E-state index contributed by atoms with van der Waals surface area (Å²) in [6.07, 6.45) is 0.635. The van der Waals surface area contributed by atoms with Crippen LogP contribution in [0.1, 0.15) is 23.6 Å². The Morgan fingerprint density at radius 2 is 1.52 bits per heavy atom. The van der Waals surface area contributed by atoms with E-state index in [0.29, 0.717) is 21.5 Å². The summed E-state index contributed by atoms with van der Waals surface area (Å²) in [7, 11) is 0. The average Bonchev–Trinajstić information content (AvgIpc) is 3.08. The Labute approximate surface area is 171 Å².